The molecular weight excluding hydrogens is 520 g/mol. The second-order valence-corrected chi connectivity index (χ2v) is 10.9. The van der Waals surface area contributed by atoms with Crippen LogP contribution >= 0.6 is 34.0 Å². The molecule has 0 radical (unpaired) electrons. The first-order chi connectivity index (χ1) is 17.7. The molecule has 0 saturated heterocycles. The predicted octanol–water partition coefficient (Wildman–Crippen LogP) is 6.43. The molecule has 0 saturated carbocycles. The number of para-hydroxylation sites is 1. The van der Waals surface area contributed by atoms with Crippen LogP contribution in [0.15, 0.2) is 56.4 Å². The highest BCUT2D eigenvalue weighted by atomic mass is 32.1. The Kier molecular flexibility index (Phi) is 5.37. The Morgan fingerprint density at radius 1 is 0.806 bits per heavy atom. The Bertz CT molecular complexity index is 1640. The molecule has 2 aliphatic rings. The molecule has 0 aliphatic carbocycles. The normalized spacial score (nSPS) is 14.2. The second kappa shape index (κ2) is 8.88. The van der Waals surface area contributed by atoms with Gasteiger partial charge in [-0.1, -0.05) is 12.1 Å². The zero-order valence-corrected chi connectivity index (χ0v) is 21.2. The van der Waals surface area contributed by atoms with Crippen LogP contribution in [0.2, 0.25) is 0 Å². The molecule has 2 aliphatic heterocycles. The maximum Gasteiger partial charge on any atom is 0.339 e. The van der Waals surface area contributed by atoms with E-state index in [2.05, 4.69) is 6.07 Å². The van der Waals surface area contributed by atoms with Gasteiger partial charge in [0.2, 0.25) is 0 Å². The van der Waals surface area contributed by atoms with Crippen LogP contribution in [0.4, 0.5) is 0 Å². The lowest BCUT2D eigenvalue weighted by Crippen LogP contribution is -2.14. The molecule has 5 aromatic rings. The first kappa shape index (κ1) is 21.8. The Balaban J connectivity index is 1.31. The molecule has 4 aromatic heterocycles. The molecule has 0 bridgehead atoms. The standard InChI is InChI=1S/C26H18O7S3/c27-21-10-17(15-3-1-2-4-16(15)33-21)32-11-14-9-20(25-22-18(12-34-25)28-5-7-30-22)36-24(14)26-23-19(13-35-26)29-6-8-31-23/h1-4,9-10,12-13H,5-8,11H2. The fourth-order valence-electron chi connectivity index (χ4n) is 4.25. The molecule has 0 unspecified atom stereocenters. The molecule has 1 aromatic carbocycles. The zero-order chi connectivity index (χ0) is 24.1. The van der Waals surface area contributed by atoms with Gasteiger partial charge in [-0.05, 0) is 18.2 Å². The maximum atomic E-state index is 12.1. The van der Waals surface area contributed by atoms with Crippen molar-refractivity contribution in [1.29, 1.82) is 0 Å². The molecule has 0 fully saturated rings. The van der Waals surface area contributed by atoms with Crippen molar-refractivity contribution in [3.63, 3.8) is 0 Å². The van der Waals surface area contributed by atoms with Gasteiger partial charge < -0.3 is 28.1 Å². The van der Waals surface area contributed by atoms with Gasteiger partial charge in [-0.25, -0.2) is 4.79 Å². The third kappa shape index (κ3) is 3.73. The number of hydrogen-bond acceptors (Lipinski definition) is 10. The van der Waals surface area contributed by atoms with Crippen LogP contribution in [0.1, 0.15) is 5.56 Å². The van der Waals surface area contributed by atoms with E-state index in [9.17, 15) is 4.79 Å². The van der Waals surface area contributed by atoms with E-state index in [1.54, 1.807) is 40.1 Å². The van der Waals surface area contributed by atoms with Crippen LogP contribution in [-0.4, -0.2) is 26.4 Å². The van der Waals surface area contributed by atoms with Crippen LogP contribution in [0, 0.1) is 0 Å². The van der Waals surface area contributed by atoms with Crippen molar-refractivity contribution in [3.8, 4) is 48.3 Å². The van der Waals surface area contributed by atoms with Crippen molar-refractivity contribution in [2.75, 3.05) is 26.4 Å². The third-order valence-electron chi connectivity index (χ3n) is 5.84. The first-order valence-corrected chi connectivity index (χ1v) is 13.9. The summed E-state index contributed by atoms with van der Waals surface area (Å²) in [6, 6.07) is 10.9. The molecule has 0 atom stereocenters. The number of hydrogen-bond donors (Lipinski definition) is 0. The van der Waals surface area contributed by atoms with Gasteiger partial charge in [0, 0.05) is 21.2 Å². The van der Waals surface area contributed by atoms with Crippen molar-refractivity contribution < 1.29 is 28.1 Å². The van der Waals surface area contributed by atoms with E-state index < -0.39 is 5.63 Å². The van der Waals surface area contributed by atoms with Gasteiger partial charge in [0.1, 0.15) is 44.4 Å². The van der Waals surface area contributed by atoms with E-state index in [1.807, 2.05) is 29.0 Å². The average molecular weight is 539 g/mol. The number of thiophene rings is 3. The highest BCUT2D eigenvalue weighted by molar-refractivity contribution is 7.26. The summed E-state index contributed by atoms with van der Waals surface area (Å²) < 4.78 is 35.0. The minimum Gasteiger partial charge on any atom is -0.488 e. The summed E-state index contributed by atoms with van der Waals surface area (Å²) >= 11 is 4.84. The molecule has 0 spiro atoms. The smallest absolute Gasteiger partial charge is 0.339 e. The monoisotopic (exact) mass is 538 g/mol. The molecule has 182 valence electrons. The Morgan fingerprint density at radius 2 is 1.50 bits per heavy atom. The van der Waals surface area contributed by atoms with E-state index in [-0.39, 0.29) is 6.61 Å². The molecule has 36 heavy (non-hydrogen) atoms. The van der Waals surface area contributed by atoms with Gasteiger partial charge in [0.25, 0.3) is 0 Å². The molecule has 6 heterocycles. The quantitative estimate of drug-likeness (QED) is 0.239. The fourth-order valence-corrected chi connectivity index (χ4v) is 7.58. The van der Waals surface area contributed by atoms with Gasteiger partial charge in [-0.2, -0.15) is 0 Å². The summed E-state index contributed by atoms with van der Waals surface area (Å²) in [6.45, 7) is 2.39. The van der Waals surface area contributed by atoms with Gasteiger partial charge in [-0.3, -0.25) is 0 Å². The fraction of sp³-hybridized carbons (Fsp3) is 0.192. The summed E-state index contributed by atoms with van der Waals surface area (Å²) in [5, 5.41) is 4.71. The molecule has 0 amide bonds. The maximum absolute atomic E-state index is 12.1. The highest BCUT2D eigenvalue weighted by Gasteiger charge is 2.27. The number of fused-ring (bicyclic) bond motifs is 3. The third-order valence-corrected chi connectivity index (χ3v) is 9.24. The average Bonchev–Trinajstić information content (AvgIpc) is 3.63. The first-order valence-electron chi connectivity index (χ1n) is 11.3. The van der Waals surface area contributed by atoms with E-state index in [1.165, 1.54) is 6.07 Å². The summed E-state index contributed by atoms with van der Waals surface area (Å²) in [6.07, 6.45) is 0. The Morgan fingerprint density at radius 3 is 2.31 bits per heavy atom. The molecular formula is C26H18O7S3. The molecule has 0 N–H and O–H groups in total. The van der Waals surface area contributed by atoms with Crippen molar-refractivity contribution in [2.45, 2.75) is 6.61 Å². The minimum absolute atomic E-state index is 0.262. The van der Waals surface area contributed by atoms with E-state index >= 15 is 0 Å². The summed E-state index contributed by atoms with van der Waals surface area (Å²) in [7, 11) is 0. The highest BCUT2D eigenvalue weighted by Crippen LogP contribution is 2.53. The van der Waals surface area contributed by atoms with Crippen LogP contribution in [-0.2, 0) is 6.61 Å². The lowest BCUT2D eigenvalue weighted by molar-refractivity contribution is 0.174. The largest absolute Gasteiger partial charge is 0.488 e. The van der Waals surface area contributed by atoms with Gasteiger partial charge in [0.15, 0.2) is 23.0 Å². The van der Waals surface area contributed by atoms with E-state index in [4.69, 9.17) is 28.1 Å². The topological polar surface area (TPSA) is 76.4 Å². The van der Waals surface area contributed by atoms with Gasteiger partial charge in [0.05, 0.1) is 26.1 Å². The lowest BCUT2D eigenvalue weighted by atomic mass is 10.2. The van der Waals surface area contributed by atoms with E-state index in [0.717, 1.165) is 53.5 Å². The van der Waals surface area contributed by atoms with Crippen LogP contribution in [0.25, 0.3) is 30.5 Å². The summed E-state index contributed by atoms with van der Waals surface area (Å²) in [5.41, 5.74) is 1.02. The van der Waals surface area contributed by atoms with Gasteiger partial charge >= 0.3 is 5.63 Å². The van der Waals surface area contributed by atoms with Crippen LogP contribution < -0.4 is 29.3 Å². The molecule has 10 heteroatoms. The number of rotatable bonds is 5. The SMILES string of the molecule is O=c1cc(OCc2cc(-c3scc4c3OCCO4)sc2-c2scc3c2OCCO3)c2ccccc2o1. The van der Waals surface area contributed by atoms with Crippen molar-refractivity contribution in [1.82, 2.24) is 0 Å². The van der Waals surface area contributed by atoms with Crippen LogP contribution in [0.3, 0.4) is 0 Å². The van der Waals surface area contributed by atoms with Crippen molar-refractivity contribution >= 4 is 45.0 Å². The molecule has 7 rings (SSSR count). The summed E-state index contributed by atoms with van der Waals surface area (Å²) in [5.74, 6) is 3.57. The van der Waals surface area contributed by atoms with Crippen molar-refractivity contribution in [3.05, 3.63) is 63.1 Å². The van der Waals surface area contributed by atoms with Crippen LogP contribution in [0.5, 0.6) is 28.7 Å². The lowest BCUT2D eigenvalue weighted by Gasteiger charge is -2.16. The molecule has 7 nitrogen and oxygen atoms in total. The summed E-state index contributed by atoms with van der Waals surface area (Å²) in [4.78, 5) is 16.2. The minimum atomic E-state index is -0.449. The van der Waals surface area contributed by atoms with Gasteiger partial charge in [-0.15, -0.1) is 34.0 Å². The second-order valence-electron chi connectivity index (χ2n) is 8.09. The number of ether oxygens (including phenoxy) is 5. The zero-order valence-electron chi connectivity index (χ0n) is 18.7. The van der Waals surface area contributed by atoms with Crippen molar-refractivity contribution in [2.24, 2.45) is 0 Å². The Hall–Kier alpha value is -3.47. The Labute approximate surface area is 217 Å². The number of benzene rings is 1. The predicted molar refractivity (Wildman–Crippen MR) is 140 cm³/mol. The van der Waals surface area contributed by atoms with E-state index in [0.29, 0.717) is 37.8 Å².